The van der Waals surface area contributed by atoms with Crippen LogP contribution in [0.15, 0.2) is 36.5 Å². The molecule has 0 spiro atoms. The molecule has 0 fully saturated rings. The first-order chi connectivity index (χ1) is 34.0. The van der Waals surface area contributed by atoms with Crippen LogP contribution < -0.4 is 10.2 Å². The van der Waals surface area contributed by atoms with Crippen molar-refractivity contribution < 1.29 is 32.9 Å². The second-order valence-electron chi connectivity index (χ2n) is 22.0. The molecular formula is C61H119N2O6P. The van der Waals surface area contributed by atoms with Crippen LogP contribution >= 0.6 is 7.82 Å². The molecule has 0 aromatic carbocycles. The summed E-state index contributed by atoms with van der Waals surface area (Å²) in [5.74, 6) is -0.206. The molecule has 0 aromatic heterocycles. The fourth-order valence-electron chi connectivity index (χ4n) is 9.07. The zero-order chi connectivity index (χ0) is 51.3. The Labute approximate surface area is 436 Å². The maximum atomic E-state index is 13.0. The first kappa shape index (κ1) is 68.7. The lowest BCUT2D eigenvalue weighted by atomic mass is 10.0. The van der Waals surface area contributed by atoms with E-state index in [1.807, 2.05) is 27.2 Å². The third kappa shape index (κ3) is 54.5. The van der Waals surface area contributed by atoms with Gasteiger partial charge >= 0.3 is 0 Å². The zero-order valence-corrected chi connectivity index (χ0v) is 48.1. The van der Waals surface area contributed by atoms with Crippen LogP contribution in [-0.4, -0.2) is 68.5 Å². The monoisotopic (exact) mass is 1010 g/mol. The number of nitrogens with zero attached hydrogens (tertiary/aromatic N) is 1. The molecule has 0 saturated carbocycles. The number of rotatable bonds is 56. The smallest absolute Gasteiger partial charge is 0.268 e. The quantitative estimate of drug-likeness (QED) is 0.0272. The second kappa shape index (κ2) is 52.6. The molecule has 3 unspecified atom stereocenters. The third-order valence-corrected chi connectivity index (χ3v) is 14.8. The Kier molecular flexibility index (Phi) is 51.6. The summed E-state index contributed by atoms with van der Waals surface area (Å²) in [6, 6.07) is -0.908. The molecule has 1 amide bonds. The van der Waals surface area contributed by atoms with E-state index in [2.05, 4.69) is 43.5 Å². The van der Waals surface area contributed by atoms with E-state index >= 15 is 0 Å². The van der Waals surface area contributed by atoms with Gasteiger partial charge in [-0.05, 0) is 44.9 Å². The minimum Gasteiger partial charge on any atom is -0.756 e. The number of phosphoric ester groups is 1. The number of phosphoric acid groups is 1. The van der Waals surface area contributed by atoms with Crippen LogP contribution in [0, 0.1) is 0 Å². The predicted octanol–water partition coefficient (Wildman–Crippen LogP) is 17.9. The van der Waals surface area contributed by atoms with E-state index in [4.69, 9.17) is 9.05 Å². The number of carbonyl (C=O) groups excluding carboxylic acids is 1. The van der Waals surface area contributed by atoms with Crippen molar-refractivity contribution in [2.75, 3.05) is 40.9 Å². The molecule has 3 atom stereocenters. The minimum absolute atomic E-state index is 0.00732. The van der Waals surface area contributed by atoms with Crippen LogP contribution in [0.5, 0.6) is 0 Å². The molecular weight excluding hydrogens is 888 g/mol. The molecule has 414 valence electrons. The zero-order valence-electron chi connectivity index (χ0n) is 47.2. The largest absolute Gasteiger partial charge is 0.756 e. The molecule has 0 saturated heterocycles. The fraction of sp³-hybridized carbons (Fsp3) is 0.885. The molecule has 0 aliphatic heterocycles. The van der Waals surface area contributed by atoms with Gasteiger partial charge in [0.15, 0.2) is 0 Å². The third-order valence-electron chi connectivity index (χ3n) is 13.8. The number of nitrogens with one attached hydrogen (secondary N) is 1. The molecule has 0 radical (unpaired) electrons. The van der Waals surface area contributed by atoms with Crippen molar-refractivity contribution in [3.8, 4) is 0 Å². The number of amides is 1. The number of aliphatic hydroxyl groups excluding tert-OH is 1. The van der Waals surface area contributed by atoms with E-state index in [1.165, 1.54) is 231 Å². The van der Waals surface area contributed by atoms with Crippen molar-refractivity contribution in [2.24, 2.45) is 0 Å². The summed E-state index contributed by atoms with van der Waals surface area (Å²) in [6.07, 6.45) is 68.1. The first-order valence-corrected chi connectivity index (χ1v) is 31.8. The van der Waals surface area contributed by atoms with Crippen molar-refractivity contribution >= 4 is 13.7 Å². The normalized spacial score (nSPS) is 14.1. The van der Waals surface area contributed by atoms with E-state index in [9.17, 15) is 19.4 Å². The number of hydrogen-bond donors (Lipinski definition) is 2. The van der Waals surface area contributed by atoms with E-state index in [1.54, 1.807) is 6.08 Å². The Hall–Kier alpha value is -1.28. The van der Waals surface area contributed by atoms with Crippen LogP contribution in [0.2, 0.25) is 0 Å². The van der Waals surface area contributed by atoms with Gasteiger partial charge in [0.1, 0.15) is 13.2 Å². The molecule has 2 N–H and O–H groups in total. The van der Waals surface area contributed by atoms with Crippen LogP contribution in [0.25, 0.3) is 0 Å². The van der Waals surface area contributed by atoms with Crippen LogP contribution in [0.4, 0.5) is 0 Å². The topological polar surface area (TPSA) is 108 Å². The van der Waals surface area contributed by atoms with Gasteiger partial charge in [0.05, 0.1) is 39.9 Å². The molecule has 9 heteroatoms. The Bertz CT molecular complexity index is 1230. The maximum Gasteiger partial charge on any atom is 0.268 e. The van der Waals surface area contributed by atoms with Crippen LogP contribution in [0.3, 0.4) is 0 Å². The molecule has 0 heterocycles. The average molecular weight is 1010 g/mol. The van der Waals surface area contributed by atoms with Gasteiger partial charge in [-0.1, -0.05) is 281 Å². The van der Waals surface area contributed by atoms with Gasteiger partial charge < -0.3 is 28.8 Å². The Balaban J connectivity index is 4.17. The lowest BCUT2D eigenvalue weighted by Gasteiger charge is -2.29. The summed E-state index contributed by atoms with van der Waals surface area (Å²) >= 11 is 0. The standard InChI is InChI=1S/C61H119N2O6P/c1-6-8-10-12-14-16-18-20-22-24-26-28-29-30-31-32-33-34-35-37-39-41-43-45-47-49-51-53-55-61(65)62-59(58-69-70(66,67)68-57-56-63(3,4)5)60(64)54-52-50-48-46-44-42-40-38-36-27-25-23-21-19-17-15-13-11-9-7-2/h36,38,44,46,52,54,59-60,64H,6-35,37,39-43,45,47-51,53,55-58H2,1-5H3,(H-,62,65,66,67)/b38-36+,46-44+,54-52+. The van der Waals surface area contributed by atoms with Gasteiger partial charge in [-0.15, -0.1) is 0 Å². The highest BCUT2D eigenvalue weighted by atomic mass is 31.2. The van der Waals surface area contributed by atoms with Crippen molar-refractivity contribution in [2.45, 2.75) is 309 Å². The Morgan fingerprint density at radius 1 is 0.486 bits per heavy atom. The Morgan fingerprint density at radius 3 is 1.16 bits per heavy atom. The van der Waals surface area contributed by atoms with Gasteiger partial charge in [0.25, 0.3) is 7.82 Å². The summed E-state index contributed by atoms with van der Waals surface area (Å²) < 4.78 is 23.3. The number of aliphatic hydroxyl groups is 1. The van der Waals surface area contributed by atoms with Gasteiger partial charge in [0.2, 0.25) is 5.91 Å². The van der Waals surface area contributed by atoms with E-state index in [0.717, 1.165) is 44.9 Å². The van der Waals surface area contributed by atoms with Crippen LogP contribution in [-0.2, 0) is 18.4 Å². The van der Waals surface area contributed by atoms with Gasteiger partial charge in [-0.25, -0.2) is 0 Å². The number of hydrogen-bond acceptors (Lipinski definition) is 6. The van der Waals surface area contributed by atoms with Crippen molar-refractivity contribution in [1.29, 1.82) is 0 Å². The number of likely N-dealkylation sites (N-methyl/N-ethyl adjacent to an activating group) is 1. The van der Waals surface area contributed by atoms with Gasteiger partial charge in [0, 0.05) is 6.42 Å². The van der Waals surface area contributed by atoms with E-state index < -0.39 is 26.6 Å². The molecule has 8 nitrogen and oxygen atoms in total. The van der Waals surface area contributed by atoms with Gasteiger partial charge in [-0.2, -0.15) is 0 Å². The average Bonchev–Trinajstić information content (AvgIpc) is 3.32. The van der Waals surface area contributed by atoms with E-state index in [-0.39, 0.29) is 12.5 Å². The maximum absolute atomic E-state index is 13.0. The molecule has 0 bridgehead atoms. The summed E-state index contributed by atoms with van der Waals surface area (Å²) in [6.45, 7) is 4.66. The highest BCUT2D eigenvalue weighted by Crippen LogP contribution is 2.38. The molecule has 0 aromatic rings. The SMILES string of the molecule is CCCCCCCCCCCC/C=C/CC/C=C/CC/C=C/C(O)C(COP(=O)([O-])OCC[N+](C)(C)C)NC(=O)CCCCCCCCCCCCCCCCCCCCCCCCCCCCCC. The van der Waals surface area contributed by atoms with Crippen molar-refractivity contribution in [3.63, 3.8) is 0 Å². The summed E-state index contributed by atoms with van der Waals surface area (Å²) in [7, 11) is 1.25. The predicted molar refractivity (Wildman–Crippen MR) is 302 cm³/mol. The molecule has 0 aliphatic rings. The molecule has 70 heavy (non-hydrogen) atoms. The number of carbonyl (C=O) groups is 1. The highest BCUT2D eigenvalue weighted by molar-refractivity contribution is 7.45. The summed E-state index contributed by atoms with van der Waals surface area (Å²) in [4.78, 5) is 25.5. The summed E-state index contributed by atoms with van der Waals surface area (Å²) in [5, 5.41) is 13.9. The van der Waals surface area contributed by atoms with Gasteiger partial charge in [-0.3, -0.25) is 9.36 Å². The highest BCUT2D eigenvalue weighted by Gasteiger charge is 2.23. The summed E-state index contributed by atoms with van der Waals surface area (Å²) in [5.41, 5.74) is 0. The first-order valence-electron chi connectivity index (χ1n) is 30.4. The Morgan fingerprint density at radius 2 is 0.800 bits per heavy atom. The number of allylic oxidation sites excluding steroid dienone is 5. The van der Waals surface area contributed by atoms with Crippen LogP contribution in [0.1, 0.15) is 296 Å². The van der Waals surface area contributed by atoms with Crippen molar-refractivity contribution in [3.05, 3.63) is 36.5 Å². The lowest BCUT2D eigenvalue weighted by Crippen LogP contribution is -2.45. The second-order valence-corrected chi connectivity index (χ2v) is 23.5. The molecule has 0 rings (SSSR count). The minimum atomic E-state index is -4.61. The number of quaternary nitrogens is 1. The van der Waals surface area contributed by atoms with E-state index in [0.29, 0.717) is 17.4 Å². The number of unbranched alkanes of at least 4 members (excludes halogenated alkanes) is 39. The fourth-order valence-corrected chi connectivity index (χ4v) is 9.79. The van der Waals surface area contributed by atoms with Crippen molar-refractivity contribution in [1.82, 2.24) is 5.32 Å². The lowest BCUT2D eigenvalue weighted by molar-refractivity contribution is -0.870. The molecule has 0 aliphatic carbocycles.